The fourth-order valence-electron chi connectivity index (χ4n) is 2.46. The summed E-state index contributed by atoms with van der Waals surface area (Å²) in [5.41, 5.74) is 1.84. The normalized spacial score (nSPS) is 21.2. The molecule has 0 radical (unpaired) electrons. The van der Waals surface area contributed by atoms with E-state index in [0.29, 0.717) is 21.5 Å². The van der Waals surface area contributed by atoms with E-state index in [1.165, 1.54) is 5.56 Å². The van der Waals surface area contributed by atoms with Gasteiger partial charge in [-0.25, -0.2) is 0 Å². The molecule has 3 heteroatoms. The highest BCUT2D eigenvalue weighted by Gasteiger charge is 2.43. The number of ketones is 1. The molecule has 0 saturated heterocycles. The predicted octanol–water partition coefficient (Wildman–Crippen LogP) is 4.98. The van der Waals surface area contributed by atoms with Gasteiger partial charge in [-0.2, -0.15) is 0 Å². The molecule has 0 N–H and O–H groups in total. The number of benzene rings is 2. The summed E-state index contributed by atoms with van der Waals surface area (Å²) >= 11 is 11.9. The van der Waals surface area contributed by atoms with E-state index in [0.717, 1.165) is 6.42 Å². The first-order valence-corrected chi connectivity index (χ1v) is 6.96. The molecule has 0 bridgehead atoms. The zero-order valence-corrected chi connectivity index (χ0v) is 11.7. The van der Waals surface area contributed by atoms with Crippen molar-refractivity contribution in [1.29, 1.82) is 0 Å². The van der Waals surface area contributed by atoms with Gasteiger partial charge in [0.25, 0.3) is 0 Å². The summed E-state index contributed by atoms with van der Waals surface area (Å²) in [6.07, 6.45) is 0.910. The van der Waals surface area contributed by atoms with Crippen LogP contribution in [-0.4, -0.2) is 5.78 Å². The zero-order chi connectivity index (χ0) is 13.4. The summed E-state index contributed by atoms with van der Waals surface area (Å²) < 4.78 is 0. The Bertz CT molecular complexity index is 602. The number of hydrogen-bond acceptors (Lipinski definition) is 1. The Hall–Kier alpha value is -1.31. The molecule has 0 aliphatic heterocycles. The smallest absolute Gasteiger partial charge is 0.166 e. The van der Waals surface area contributed by atoms with Crippen molar-refractivity contribution >= 4 is 29.0 Å². The van der Waals surface area contributed by atoms with Crippen molar-refractivity contribution in [3.8, 4) is 0 Å². The highest BCUT2D eigenvalue weighted by Crippen LogP contribution is 2.49. The Morgan fingerprint density at radius 3 is 2.26 bits per heavy atom. The first-order chi connectivity index (χ1) is 9.15. The fourth-order valence-corrected chi connectivity index (χ4v) is 2.99. The predicted molar refractivity (Wildman–Crippen MR) is 78.1 cm³/mol. The summed E-state index contributed by atoms with van der Waals surface area (Å²) in [4.78, 5) is 12.4. The Morgan fingerprint density at radius 2 is 1.63 bits per heavy atom. The van der Waals surface area contributed by atoms with Crippen molar-refractivity contribution in [3.05, 3.63) is 69.7 Å². The molecular formula is C16H12Cl2O. The van der Waals surface area contributed by atoms with Crippen LogP contribution in [0.3, 0.4) is 0 Å². The number of halogens is 2. The van der Waals surface area contributed by atoms with Gasteiger partial charge in [0.05, 0.1) is 0 Å². The lowest BCUT2D eigenvalue weighted by atomic mass is 10.0. The first kappa shape index (κ1) is 12.7. The average molecular weight is 291 g/mol. The lowest BCUT2D eigenvalue weighted by Gasteiger charge is -2.03. The first-order valence-electron chi connectivity index (χ1n) is 6.20. The van der Waals surface area contributed by atoms with Crippen molar-refractivity contribution in [2.45, 2.75) is 12.3 Å². The molecule has 3 rings (SSSR count). The quantitative estimate of drug-likeness (QED) is 0.729. The molecule has 19 heavy (non-hydrogen) atoms. The van der Waals surface area contributed by atoms with Gasteiger partial charge in [0.2, 0.25) is 0 Å². The molecule has 1 aliphatic rings. The van der Waals surface area contributed by atoms with E-state index >= 15 is 0 Å². The Morgan fingerprint density at radius 1 is 1.00 bits per heavy atom. The molecule has 0 aromatic heterocycles. The van der Waals surface area contributed by atoms with E-state index in [4.69, 9.17) is 23.2 Å². The summed E-state index contributed by atoms with van der Waals surface area (Å²) in [5, 5.41) is 1.01. The minimum Gasteiger partial charge on any atom is -0.294 e. The summed E-state index contributed by atoms with van der Waals surface area (Å²) in [6, 6.07) is 15.2. The molecule has 0 heterocycles. The maximum atomic E-state index is 12.4. The molecule has 2 unspecified atom stereocenters. The third-order valence-electron chi connectivity index (χ3n) is 3.50. The van der Waals surface area contributed by atoms with Gasteiger partial charge in [-0.1, -0.05) is 53.5 Å². The van der Waals surface area contributed by atoms with Crippen molar-refractivity contribution in [3.63, 3.8) is 0 Å². The standard InChI is InChI=1S/C16H12Cl2O/c17-12-6-11(7-13(18)8-12)16(19)15-9-14(15)10-4-2-1-3-5-10/h1-8,14-15H,9H2. The zero-order valence-electron chi connectivity index (χ0n) is 10.1. The lowest BCUT2D eigenvalue weighted by Crippen LogP contribution is -2.03. The second kappa shape index (κ2) is 4.99. The topological polar surface area (TPSA) is 17.1 Å². The lowest BCUT2D eigenvalue weighted by molar-refractivity contribution is 0.0965. The molecule has 96 valence electrons. The minimum atomic E-state index is 0.0666. The highest BCUT2D eigenvalue weighted by molar-refractivity contribution is 6.35. The maximum Gasteiger partial charge on any atom is 0.166 e. The van der Waals surface area contributed by atoms with E-state index in [2.05, 4.69) is 12.1 Å². The van der Waals surface area contributed by atoms with Gasteiger partial charge >= 0.3 is 0 Å². The maximum absolute atomic E-state index is 12.4. The Labute approximate surface area is 122 Å². The number of rotatable bonds is 3. The van der Waals surface area contributed by atoms with E-state index in [1.54, 1.807) is 18.2 Å². The van der Waals surface area contributed by atoms with Crippen molar-refractivity contribution in [2.24, 2.45) is 5.92 Å². The number of hydrogen-bond donors (Lipinski definition) is 0. The van der Waals surface area contributed by atoms with Gasteiger partial charge in [-0.3, -0.25) is 4.79 Å². The second-order valence-electron chi connectivity index (χ2n) is 4.88. The Kier molecular flexibility index (Phi) is 3.34. The number of Topliss-reactive ketones (excluding diaryl/α,β-unsaturated/α-hetero) is 1. The van der Waals surface area contributed by atoms with Crippen molar-refractivity contribution in [1.82, 2.24) is 0 Å². The molecule has 2 atom stereocenters. The molecule has 1 saturated carbocycles. The van der Waals surface area contributed by atoms with Gasteiger partial charge in [0.1, 0.15) is 0 Å². The summed E-state index contributed by atoms with van der Waals surface area (Å²) in [6.45, 7) is 0. The van der Waals surface area contributed by atoms with Crippen LogP contribution in [0.5, 0.6) is 0 Å². The van der Waals surface area contributed by atoms with Crippen LogP contribution in [0.4, 0.5) is 0 Å². The van der Waals surface area contributed by atoms with Crippen LogP contribution in [0.15, 0.2) is 48.5 Å². The molecule has 1 nitrogen and oxygen atoms in total. The van der Waals surface area contributed by atoms with Crippen LogP contribution in [0.25, 0.3) is 0 Å². The van der Waals surface area contributed by atoms with Crippen LogP contribution in [0, 0.1) is 5.92 Å². The van der Waals surface area contributed by atoms with Gasteiger partial charge in [0, 0.05) is 21.5 Å². The van der Waals surface area contributed by atoms with E-state index in [1.807, 2.05) is 18.2 Å². The van der Waals surface area contributed by atoms with Gasteiger partial charge in [0.15, 0.2) is 5.78 Å². The van der Waals surface area contributed by atoms with Crippen LogP contribution in [0.1, 0.15) is 28.3 Å². The monoisotopic (exact) mass is 290 g/mol. The van der Waals surface area contributed by atoms with Crippen molar-refractivity contribution < 1.29 is 4.79 Å². The molecule has 1 fully saturated rings. The molecule has 2 aromatic carbocycles. The SMILES string of the molecule is O=C(c1cc(Cl)cc(Cl)c1)C1CC1c1ccccc1. The van der Waals surface area contributed by atoms with Crippen LogP contribution in [-0.2, 0) is 0 Å². The Balaban J connectivity index is 1.80. The molecule has 0 spiro atoms. The minimum absolute atomic E-state index is 0.0666. The van der Waals surface area contributed by atoms with Crippen LogP contribution >= 0.6 is 23.2 Å². The van der Waals surface area contributed by atoms with Gasteiger partial charge < -0.3 is 0 Å². The summed E-state index contributed by atoms with van der Waals surface area (Å²) in [7, 11) is 0. The number of carbonyl (C=O) groups is 1. The largest absolute Gasteiger partial charge is 0.294 e. The number of carbonyl (C=O) groups excluding carboxylic acids is 1. The summed E-state index contributed by atoms with van der Waals surface area (Å²) in [5.74, 6) is 0.543. The van der Waals surface area contributed by atoms with Gasteiger partial charge in [-0.05, 0) is 36.1 Å². The van der Waals surface area contributed by atoms with Crippen molar-refractivity contribution in [2.75, 3.05) is 0 Å². The van der Waals surface area contributed by atoms with Gasteiger partial charge in [-0.15, -0.1) is 0 Å². The molecule has 2 aromatic rings. The third kappa shape index (κ3) is 2.68. The highest BCUT2D eigenvalue weighted by atomic mass is 35.5. The van der Waals surface area contributed by atoms with Crippen LogP contribution < -0.4 is 0 Å². The van der Waals surface area contributed by atoms with E-state index in [-0.39, 0.29) is 11.7 Å². The molecular weight excluding hydrogens is 279 g/mol. The molecule has 0 amide bonds. The second-order valence-corrected chi connectivity index (χ2v) is 5.75. The third-order valence-corrected chi connectivity index (χ3v) is 3.94. The van der Waals surface area contributed by atoms with E-state index in [9.17, 15) is 4.79 Å². The fraction of sp³-hybridized carbons (Fsp3) is 0.188. The van der Waals surface area contributed by atoms with Crippen LogP contribution in [0.2, 0.25) is 10.0 Å². The molecule has 1 aliphatic carbocycles. The average Bonchev–Trinajstić information content (AvgIpc) is 3.18. The van der Waals surface area contributed by atoms with E-state index < -0.39 is 0 Å².